The minimum absolute atomic E-state index is 0.379. The lowest BCUT2D eigenvalue weighted by molar-refractivity contribution is 0.100. The number of aromatic nitrogens is 2. The topological polar surface area (TPSA) is 97.8 Å². The second-order valence-electron chi connectivity index (χ2n) is 2.70. The molecule has 0 radical (unpaired) electrons. The molecule has 0 fully saturated rings. The minimum Gasteiger partial charge on any atom is -0.369 e. The van der Waals surface area contributed by atoms with Gasteiger partial charge in [-0.15, -0.1) is 0 Å². The quantitative estimate of drug-likeness (QED) is 0.640. The van der Waals surface area contributed by atoms with Crippen molar-refractivity contribution in [3.8, 4) is 0 Å². The Morgan fingerprint density at radius 1 is 1.27 bits per heavy atom. The lowest BCUT2D eigenvalue weighted by Crippen LogP contribution is -2.09. The molecule has 0 aliphatic carbocycles. The van der Waals surface area contributed by atoms with E-state index in [9.17, 15) is 4.79 Å². The first-order valence-corrected chi connectivity index (χ1v) is 4.30. The number of primary amides is 1. The zero-order chi connectivity index (χ0) is 11.1. The van der Waals surface area contributed by atoms with Gasteiger partial charge in [-0.05, 0) is 12.1 Å². The highest BCUT2D eigenvalue weighted by molar-refractivity contribution is 5.92. The predicted molar refractivity (Wildman–Crippen MR) is 58.0 cm³/mol. The molecule has 1 aromatic heterocycles. The van der Waals surface area contributed by atoms with E-state index >= 15 is 0 Å². The molecule has 5 N–H and O–H groups in total. The minimum atomic E-state index is -0.379. The summed E-state index contributed by atoms with van der Waals surface area (Å²) in [6.07, 6.45) is 3.28. The monoisotopic (exact) mass is 204 g/mol. The number of anilines is 1. The van der Waals surface area contributed by atoms with Crippen LogP contribution in [0.4, 0.5) is 5.95 Å². The van der Waals surface area contributed by atoms with Gasteiger partial charge in [-0.2, -0.15) is 0 Å². The predicted octanol–water partition coefficient (Wildman–Crippen LogP) is 0.777. The molecule has 0 saturated heterocycles. The van der Waals surface area contributed by atoms with Crippen LogP contribution in [-0.4, -0.2) is 15.9 Å². The van der Waals surface area contributed by atoms with Crippen molar-refractivity contribution >= 4 is 11.9 Å². The van der Waals surface area contributed by atoms with Crippen molar-refractivity contribution < 1.29 is 4.79 Å². The molecule has 1 heterocycles. The van der Waals surface area contributed by atoms with Crippen LogP contribution in [0.3, 0.4) is 0 Å². The third-order valence-corrected chi connectivity index (χ3v) is 1.58. The average Bonchev–Trinajstić information content (AvgIpc) is 2.71. The molecule has 0 atom stereocenters. The van der Waals surface area contributed by atoms with Gasteiger partial charge in [-0.3, -0.25) is 4.79 Å². The summed E-state index contributed by atoms with van der Waals surface area (Å²) in [5, 5.41) is 0. The second-order valence-corrected chi connectivity index (χ2v) is 2.70. The number of rotatable bonds is 1. The zero-order valence-corrected chi connectivity index (χ0v) is 8.05. The molecular weight excluding hydrogens is 192 g/mol. The van der Waals surface area contributed by atoms with Gasteiger partial charge in [0.15, 0.2) is 5.95 Å². The molecule has 15 heavy (non-hydrogen) atoms. The van der Waals surface area contributed by atoms with E-state index in [1.807, 2.05) is 6.07 Å². The number of benzene rings is 1. The first-order chi connectivity index (χ1) is 7.20. The van der Waals surface area contributed by atoms with E-state index in [4.69, 9.17) is 11.5 Å². The molecule has 0 unspecified atom stereocenters. The van der Waals surface area contributed by atoms with Gasteiger partial charge in [0.25, 0.3) is 0 Å². The Hall–Kier alpha value is -2.30. The van der Waals surface area contributed by atoms with Gasteiger partial charge in [0.1, 0.15) is 0 Å². The van der Waals surface area contributed by atoms with Crippen molar-refractivity contribution in [2.45, 2.75) is 0 Å². The molecule has 5 nitrogen and oxygen atoms in total. The van der Waals surface area contributed by atoms with Crippen LogP contribution in [0.1, 0.15) is 10.4 Å². The maximum absolute atomic E-state index is 10.4. The van der Waals surface area contributed by atoms with Crippen molar-refractivity contribution in [1.29, 1.82) is 0 Å². The zero-order valence-electron chi connectivity index (χ0n) is 8.05. The van der Waals surface area contributed by atoms with E-state index in [0.29, 0.717) is 11.5 Å². The second kappa shape index (κ2) is 5.43. The standard InChI is InChI=1S/C7H7NO.C3H5N3/c8-7(9)6-4-2-1-3-5-6;4-3-5-1-2-6-3/h1-5H,(H2,8,9);1-2H,(H3,4,5,6). The highest BCUT2D eigenvalue weighted by Crippen LogP contribution is 1.94. The molecule has 2 rings (SSSR count). The summed E-state index contributed by atoms with van der Waals surface area (Å²) in [7, 11) is 0. The van der Waals surface area contributed by atoms with Gasteiger partial charge in [0.05, 0.1) is 0 Å². The van der Waals surface area contributed by atoms with E-state index in [1.165, 1.54) is 0 Å². The van der Waals surface area contributed by atoms with Crippen LogP contribution in [0, 0.1) is 0 Å². The van der Waals surface area contributed by atoms with Crippen molar-refractivity contribution in [3.63, 3.8) is 0 Å². The highest BCUT2D eigenvalue weighted by atomic mass is 16.1. The Labute approximate surface area is 87.1 Å². The smallest absolute Gasteiger partial charge is 0.248 e. The van der Waals surface area contributed by atoms with Gasteiger partial charge < -0.3 is 16.5 Å². The number of nitrogen functional groups attached to an aromatic ring is 1. The summed E-state index contributed by atoms with van der Waals surface area (Å²) in [5.74, 6) is 0.0885. The fourth-order valence-corrected chi connectivity index (χ4v) is 0.880. The van der Waals surface area contributed by atoms with Crippen LogP contribution in [0.5, 0.6) is 0 Å². The Balaban J connectivity index is 0.000000162. The Bertz CT molecular complexity index is 397. The van der Waals surface area contributed by atoms with Crippen LogP contribution < -0.4 is 11.5 Å². The Morgan fingerprint density at radius 2 is 1.93 bits per heavy atom. The number of hydrogen-bond acceptors (Lipinski definition) is 3. The largest absolute Gasteiger partial charge is 0.369 e. The van der Waals surface area contributed by atoms with Crippen molar-refractivity contribution in [1.82, 2.24) is 9.97 Å². The number of amides is 1. The number of carbonyl (C=O) groups is 1. The van der Waals surface area contributed by atoms with Crippen LogP contribution in [0.2, 0.25) is 0 Å². The number of nitrogens with two attached hydrogens (primary N) is 2. The van der Waals surface area contributed by atoms with Gasteiger partial charge in [-0.25, -0.2) is 4.98 Å². The van der Waals surface area contributed by atoms with Gasteiger partial charge in [0, 0.05) is 18.0 Å². The van der Waals surface area contributed by atoms with Crippen molar-refractivity contribution in [2.24, 2.45) is 5.73 Å². The van der Waals surface area contributed by atoms with Crippen LogP contribution >= 0.6 is 0 Å². The molecule has 1 aromatic carbocycles. The number of H-pyrrole nitrogens is 1. The molecule has 0 aliphatic rings. The lowest BCUT2D eigenvalue weighted by atomic mass is 10.2. The number of imidazole rings is 1. The summed E-state index contributed by atoms with van der Waals surface area (Å²) in [4.78, 5) is 16.7. The molecule has 0 aliphatic heterocycles. The number of nitrogens with zero attached hydrogens (tertiary/aromatic N) is 1. The maximum atomic E-state index is 10.4. The number of carbonyl (C=O) groups excluding carboxylic acids is 1. The SMILES string of the molecule is NC(=O)c1ccccc1.Nc1ncc[nH]1. The summed E-state index contributed by atoms with van der Waals surface area (Å²) in [6.45, 7) is 0. The summed E-state index contributed by atoms with van der Waals surface area (Å²) in [5.41, 5.74) is 10.6. The fourth-order valence-electron chi connectivity index (χ4n) is 0.880. The molecular formula is C10H12N4O. The normalized spacial score (nSPS) is 8.80. The highest BCUT2D eigenvalue weighted by Gasteiger charge is 1.93. The fraction of sp³-hybridized carbons (Fsp3) is 0. The lowest BCUT2D eigenvalue weighted by Gasteiger charge is -1.89. The van der Waals surface area contributed by atoms with Gasteiger partial charge >= 0.3 is 0 Å². The molecule has 0 saturated carbocycles. The molecule has 1 amide bonds. The Morgan fingerprint density at radius 3 is 2.20 bits per heavy atom. The number of nitrogens with one attached hydrogen (secondary N) is 1. The molecule has 78 valence electrons. The summed E-state index contributed by atoms with van der Waals surface area (Å²) >= 11 is 0. The maximum Gasteiger partial charge on any atom is 0.248 e. The van der Waals surface area contributed by atoms with Crippen molar-refractivity contribution in [2.75, 3.05) is 5.73 Å². The molecule has 0 spiro atoms. The average molecular weight is 204 g/mol. The van der Waals surface area contributed by atoms with E-state index in [-0.39, 0.29) is 5.91 Å². The van der Waals surface area contributed by atoms with Crippen LogP contribution in [0.15, 0.2) is 42.7 Å². The summed E-state index contributed by atoms with van der Waals surface area (Å²) in [6, 6.07) is 8.76. The van der Waals surface area contributed by atoms with E-state index < -0.39 is 0 Å². The van der Waals surface area contributed by atoms with Crippen molar-refractivity contribution in [3.05, 3.63) is 48.3 Å². The Kier molecular flexibility index (Phi) is 3.91. The summed E-state index contributed by atoms with van der Waals surface area (Å²) < 4.78 is 0. The number of hydrogen-bond donors (Lipinski definition) is 3. The number of aromatic amines is 1. The van der Waals surface area contributed by atoms with E-state index in [0.717, 1.165) is 0 Å². The first kappa shape index (κ1) is 10.8. The van der Waals surface area contributed by atoms with Crippen LogP contribution in [-0.2, 0) is 0 Å². The van der Waals surface area contributed by atoms with Gasteiger partial charge in [-0.1, -0.05) is 18.2 Å². The third-order valence-electron chi connectivity index (χ3n) is 1.58. The van der Waals surface area contributed by atoms with E-state index in [2.05, 4.69) is 9.97 Å². The van der Waals surface area contributed by atoms with Gasteiger partial charge in [0.2, 0.25) is 5.91 Å². The molecule has 5 heteroatoms. The third kappa shape index (κ3) is 3.95. The molecule has 0 bridgehead atoms. The first-order valence-electron chi connectivity index (χ1n) is 4.30. The van der Waals surface area contributed by atoms with E-state index in [1.54, 1.807) is 36.7 Å². The van der Waals surface area contributed by atoms with Crippen LogP contribution in [0.25, 0.3) is 0 Å². The molecule has 2 aromatic rings.